The number of nitriles is 1. The topological polar surface area (TPSA) is 160 Å². The predicted molar refractivity (Wildman–Crippen MR) is 95.9 cm³/mol. The van der Waals surface area contributed by atoms with Crippen molar-refractivity contribution in [3.05, 3.63) is 27.8 Å². The van der Waals surface area contributed by atoms with Crippen molar-refractivity contribution >= 4 is 40.1 Å². The van der Waals surface area contributed by atoms with Gasteiger partial charge in [0.25, 0.3) is 5.69 Å². The number of nitrogens with one attached hydrogen (secondary N) is 1. The summed E-state index contributed by atoms with van der Waals surface area (Å²) in [7, 11) is 0. The van der Waals surface area contributed by atoms with Gasteiger partial charge in [-0.1, -0.05) is 0 Å². The maximum Gasteiger partial charge on any atom is 0.304 e. The average molecular weight is 410 g/mol. The third kappa shape index (κ3) is 5.92. The van der Waals surface area contributed by atoms with Gasteiger partial charge in [0.15, 0.2) is 0 Å². The Kier molecular flexibility index (Phi) is 6.89. The van der Waals surface area contributed by atoms with Crippen molar-refractivity contribution in [2.24, 2.45) is 11.8 Å². The van der Waals surface area contributed by atoms with Gasteiger partial charge in [-0.05, 0) is 30.4 Å². The van der Waals surface area contributed by atoms with E-state index < -0.39 is 46.5 Å². The first kappa shape index (κ1) is 21.1. The first-order valence-electron chi connectivity index (χ1n) is 8.27. The fourth-order valence-corrected chi connectivity index (χ4v) is 2.54. The predicted octanol–water partition coefficient (Wildman–Crippen LogP) is 2.44. The van der Waals surface area contributed by atoms with Crippen molar-refractivity contribution < 1.29 is 29.2 Å². The van der Waals surface area contributed by atoms with Crippen LogP contribution in [0.5, 0.6) is 5.75 Å². The van der Waals surface area contributed by atoms with E-state index in [2.05, 4.69) is 5.32 Å². The van der Waals surface area contributed by atoms with Crippen LogP contribution in [0, 0.1) is 33.3 Å². The van der Waals surface area contributed by atoms with E-state index in [1.54, 1.807) is 0 Å². The second-order valence-corrected chi connectivity index (χ2v) is 6.71. The van der Waals surface area contributed by atoms with Crippen molar-refractivity contribution in [2.45, 2.75) is 25.7 Å². The van der Waals surface area contributed by atoms with Gasteiger partial charge in [-0.15, -0.1) is 0 Å². The Morgan fingerprint density at radius 2 is 2.07 bits per heavy atom. The Labute approximate surface area is 164 Å². The Morgan fingerprint density at radius 3 is 2.57 bits per heavy atom. The second kappa shape index (κ2) is 9.14. The highest BCUT2D eigenvalue weighted by molar-refractivity contribution is 6.64. The molecule has 28 heavy (non-hydrogen) atoms. The van der Waals surface area contributed by atoms with Crippen molar-refractivity contribution in [3.63, 3.8) is 0 Å². The van der Waals surface area contributed by atoms with Crippen LogP contribution in [-0.2, 0) is 14.4 Å². The van der Waals surface area contributed by atoms with E-state index in [-0.39, 0.29) is 17.0 Å². The zero-order valence-electron chi connectivity index (χ0n) is 14.5. The van der Waals surface area contributed by atoms with Gasteiger partial charge in [-0.3, -0.25) is 24.5 Å². The van der Waals surface area contributed by atoms with E-state index in [1.165, 1.54) is 6.07 Å². The summed E-state index contributed by atoms with van der Waals surface area (Å²) in [6, 6.07) is 3.97. The lowest BCUT2D eigenvalue weighted by Gasteiger charge is -2.13. The largest absolute Gasteiger partial charge is 0.492 e. The lowest BCUT2D eigenvalue weighted by atomic mass is 10.0. The third-order valence-corrected chi connectivity index (χ3v) is 4.34. The zero-order chi connectivity index (χ0) is 20.8. The molecule has 1 aromatic carbocycles. The van der Waals surface area contributed by atoms with Crippen molar-refractivity contribution in [1.29, 1.82) is 5.26 Å². The molecule has 0 saturated heterocycles. The van der Waals surface area contributed by atoms with E-state index >= 15 is 0 Å². The highest BCUT2D eigenvalue weighted by atomic mass is 35.5. The Hall–Kier alpha value is -3.19. The number of carbonyl (C=O) groups excluding carboxylic acids is 2. The molecular weight excluding hydrogens is 394 g/mol. The first-order valence-corrected chi connectivity index (χ1v) is 8.65. The van der Waals surface area contributed by atoms with Gasteiger partial charge in [-0.2, -0.15) is 5.26 Å². The zero-order valence-corrected chi connectivity index (χ0v) is 15.3. The maximum absolute atomic E-state index is 12.2. The molecule has 1 atom stereocenters. The number of halogens is 1. The molecular formula is C17H16ClN3O7. The Bertz CT molecular complexity index is 861. The normalized spacial score (nSPS) is 13.9. The average Bonchev–Trinajstić information content (AvgIpc) is 3.42. The molecule has 0 radical (unpaired) electrons. The third-order valence-electron chi connectivity index (χ3n) is 4.03. The minimum atomic E-state index is -1.31. The highest BCUT2D eigenvalue weighted by Crippen LogP contribution is 2.35. The number of carbonyl (C=O) groups is 3. The summed E-state index contributed by atoms with van der Waals surface area (Å²) < 4.78 is 5.53. The lowest BCUT2D eigenvalue weighted by molar-refractivity contribution is -0.384. The molecule has 2 rings (SSSR count). The Morgan fingerprint density at radius 1 is 1.39 bits per heavy atom. The SMILES string of the molecule is N#Cc1cc([N+](=O)[O-])c(NC(=O)CC(CC(=O)O)C(=O)Cl)cc1OCC1CC1. The van der Waals surface area contributed by atoms with Gasteiger partial charge in [0.05, 0.1) is 23.9 Å². The quantitative estimate of drug-likeness (QED) is 0.338. The summed E-state index contributed by atoms with van der Waals surface area (Å²) in [5.74, 6) is -2.97. The molecule has 2 N–H and O–H groups in total. The number of nitro benzene ring substituents is 1. The molecule has 1 aliphatic carbocycles. The number of rotatable bonds is 10. The smallest absolute Gasteiger partial charge is 0.304 e. The van der Waals surface area contributed by atoms with Crippen molar-refractivity contribution in [1.82, 2.24) is 0 Å². The molecule has 0 aliphatic heterocycles. The number of ether oxygens (including phenoxy) is 1. The summed E-state index contributed by atoms with van der Waals surface area (Å²) >= 11 is 5.31. The molecule has 10 nitrogen and oxygen atoms in total. The van der Waals surface area contributed by atoms with Crippen LogP contribution < -0.4 is 10.1 Å². The van der Waals surface area contributed by atoms with Gasteiger partial charge >= 0.3 is 5.97 Å². The number of nitrogens with zero attached hydrogens (tertiary/aromatic N) is 2. The molecule has 0 aromatic heterocycles. The van der Waals surface area contributed by atoms with Crippen LogP contribution in [-0.4, -0.2) is 33.8 Å². The van der Waals surface area contributed by atoms with Crippen LogP contribution in [0.15, 0.2) is 12.1 Å². The van der Waals surface area contributed by atoms with Gasteiger partial charge in [0.1, 0.15) is 23.1 Å². The van der Waals surface area contributed by atoms with Crippen LogP contribution >= 0.6 is 11.6 Å². The number of nitro groups is 1. The minimum Gasteiger partial charge on any atom is -0.492 e. The van der Waals surface area contributed by atoms with Gasteiger partial charge < -0.3 is 15.2 Å². The summed E-state index contributed by atoms with van der Waals surface area (Å²) in [5, 5.41) is 30.5. The van der Waals surface area contributed by atoms with E-state index in [0.717, 1.165) is 18.9 Å². The molecule has 0 spiro atoms. The molecule has 1 aromatic rings. The summed E-state index contributed by atoms with van der Waals surface area (Å²) in [6.45, 7) is 0.349. The summed E-state index contributed by atoms with van der Waals surface area (Å²) in [4.78, 5) is 44.8. The number of anilines is 1. The van der Waals surface area contributed by atoms with Gasteiger partial charge in [0.2, 0.25) is 11.1 Å². The molecule has 1 fully saturated rings. The number of carboxylic acid groups (broad SMARTS) is 1. The summed E-state index contributed by atoms with van der Waals surface area (Å²) in [5.41, 5.74) is -0.809. The van der Waals surface area contributed by atoms with Crippen LogP contribution in [0.4, 0.5) is 11.4 Å². The van der Waals surface area contributed by atoms with E-state index in [4.69, 9.17) is 21.4 Å². The molecule has 1 amide bonds. The van der Waals surface area contributed by atoms with E-state index in [9.17, 15) is 29.8 Å². The van der Waals surface area contributed by atoms with Gasteiger partial charge in [0, 0.05) is 18.6 Å². The molecule has 1 saturated carbocycles. The van der Waals surface area contributed by atoms with E-state index in [1.807, 2.05) is 6.07 Å². The highest BCUT2D eigenvalue weighted by Gasteiger charge is 2.27. The number of hydrogen-bond acceptors (Lipinski definition) is 7. The molecule has 0 heterocycles. The minimum absolute atomic E-state index is 0.0509. The monoisotopic (exact) mass is 409 g/mol. The van der Waals surface area contributed by atoms with Crippen LogP contribution in [0.1, 0.15) is 31.2 Å². The van der Waals surface area contributed by atoms with E-state index in [0.29, 0.717) is 12.5 Å². The van der Waals surface area contributed by atoms with Crippen LogP contribution in [0.25, 0.3) is 0 Å². The molecule has 1 aliphatic rings. The maximum atomic E-state index is 12.2. The molecule has 0 bridgehead atoms. The standard InChI is InChI=1S/C17H16ClN3O7/c18-17(25)10(5-16(23)24)4-15(22)20-12-6-14(28-8-9-1-2-9)11(7-19)3-13(12)21(26)27/h3,6,9-10H,1-2,4-5,8H2,(H,20,22)(H,23,24). The van der Waals surface area contributed by atoms with Crippen molar-refractivity contribution in [2.75, 3.05) is 11.9 Å². The number of aliphatic carboxylic acids is 1. The van der Waals surface area contributed by atoms with Gasteiger partial charge in [-0.25, -0.2) is 0 Å². The molecule has 148 valence electrons. The first-order chi connectivity index (χ1) is 13.2. The fourth-order valence-electron chi connectivity index (χ4n) is 2.39. The lowest BCUT2D eigenvalue weighted by Crippen LogP contribution is -2.22. The number of amides is 1. The Balaban J connectivity index is 2.23. The van der Waals surface area contributed by atoms with Crippen LogP contribution in [0.2, 0.25) is 0 Å². The number of benzene rings is 1. The second-order valence-electron chi connectivity index (χ2n) is 6.34. The molecule has 1 unspecified atom stereocenters. The number of hydrogen-bond donors (Lipinski definition) is 2. The molecule has 11 heteroatoms. The van der Waals surface area contributed by atoms with Crippen molar-refractivity contribution in [3.8, 4) is 11.8 Å². The fraction of sp³-hybridized carbons (Fsp3) is 0.412. The summed E-state index contributed by atoms with van der Waals surface area (Å²) in [6.07, 6.45) is 0.775. The number of carboxylic acids is 1. The van der Waals surface area contributed by atoms with Crippen LogP contribution in [0.3, 0.4) is 0 Å².